The van der Waals surface area contributed by atoms with Crippen LogP contribution in [0.5, 0.6) is 0 Å². The molecule has 160 valence electrons. The maximum absolute atomic E-state index is 12.0. The van der Waals surface area contributed by atoms with Crippen molar-refractivity contribution in [2.75, 3.05) is 29.9 Å². The van der Waals surface area contributed by atoms with Crippen LogP contribution in [0, 0.1) is 12.8 Å². The molecule has 2 aromatic rings. The molecule has 1 fully saturated rings. The molecule has 1 heterocycles. The Morgan fingerprint density at radius 3 is 2.70 bits per heavy atom. The van der Waals surface area contributed by atoms with Gasteiger partial charge >= 0.3 is 5.97 Å². The van der Waals surface area contributed by atoms with E-state index in [1.54, 1.807) is 19.1 Å². The monoisotopic (exact) mass is 425 g/mol. The Labute approximate surface area is 184 Å². The topological polar surface area (TPSA) is 53.6 Å². The molecule has 1 aliphatic rings. The van der Waals surface area contributed by atoms with Gasteiger partial charge in [-0.2, -0.15) is 0 Å². The third-order valence-electron chi connectivity index (χ3n) is 5.41. The molecule has 0 amide bonds. The summed E-state index contributed by atoms with van der Waals surface area (Å²) in [4.78, 5) is 14.4. The maximum atomic E-state index is 12.0. The van der Waals surface area contributed by atoms with Gasteiger partial charge in [0.1, 0.15) is 0 Å². The van der Waals surface area contributed by atoms with Crippen molar-refractivity contribution in [1.29, 1.82) is 0 Å². The van der Waals surface area contributed by atoms with Crippen molar-refractivity contribution >= 4 is 34.7 Å². The van der Waals surface area contributed by atoms with E-state index in [2.05, 4.69) is 46.7 Å². The molecule has 1 saturated heterocycles. The highest BCUT2D eigenvalue weighted by molar-refractivity contribution is 7.80. The van der Waals surface area contributed by atoms with Crippen molar-refractivity contribution in [1.82, 2.24) is 5.32 Å². The first-order valence-corrected chi connectivity index (χ1v) is 11.0. The number of benzene rings is 2. The second kappa shape index (κ2) is 10.4. The molecule has 0 bridgehead atoms. The summed E-state index contributed by atoms with van der Waals surface area (Å²) in [5.74, 6) is 0.428. The number of piperidine rings is 1. The van der Waals surface area contributed by atoms with E-state index in [9.17, 15) is 4.79 Å². The number of carbonyl (C=O) groups excluding carboxylic acids is 1. The van der Waals surface area contributed by atoms with Crippen molar-refractivity contribution < 1.29 is 9.53 Å². The molecule has 0 spiro atoms. The van der Waals surface area contributed by atoms with Crippen LogP contribution in [0.25, 0.3) is 0 Å². The van der Waals surface area contributed by atoms with Gasteiger partial charge in [-0.15, -0.1) is 0 Å². The molecule has 5 nitrogen and oxygen atoms in total. The molecule has 1 aliphatic heterocycles. The van der Waals surface area contributed by atoms with Crippen LogP contribution in [0.4, 0.5) is 11.4 Å². The zero-order valence-corrected chi connectivity index (χ0v) is 18.8. The second-order valence-corrected chi connectivity index (χ2v) is 8.33. The number of esters is 1. The number of carbonyl (C=O) groups is 1. The van der Waals surface area contributed by atoms with Gasteiger partial charge < -0.3 is 20.3 Å². The lowest BCUT2D eigenvalue weighted by Gasteiger charge is -2.32. The lowest BCUT2D eigenvalue weighted by atomic mass is 9.99. The summed E-state index contributed by atoms with van der Waals surface area (Å²) >= 11 is 5.45. The van der Waals surface area contributed by atoms with Crippen LogP contribution in [0.3, 0.4) is 0 Å². The van der Waals surface area contributed by atoms with Gasteiger partial charge in [0.15, 0.2) is 5.11 Å². The van der Waals surface area contributed by atoms with Gasteiger partial charge in [-0.25, -0.2) is 4.79 Å². The van der Waals surface area contributed by atoms with Crippen molar-refractivity contribution in [3.63, 3.8) is 0 Å². The van der Waals surface area contributed by atoms with Gasteiger partial charge in [-0.05, 0) is 80.2 Å². The number of hydrogen-bond acceptors (Lipinski definition) is 4. The molecule has 0 aliphatic carbocycles. The summed E-state index contributed by atoms with van der Waals surface area (Å²) < 4.78 is 5.07. The highest BCUT2D eigenvalue weighted by Gasteiger charge is 2.16. The van der Waals surface area contributed by atoms with Crippen LogP contribution in [-0.4, -0.2) is 30.8 Å². The third kappa shape index (κ3) is 5.95. The quantitative estimate of drug-likeness (QED) is 0.507. The summed E-state index contributed by atoms with van der Waals surface area (Å²) in [6.07, 6.45) is 2.59. The second-order valence-electron chi connectivity index (χ2n) is 7.92. The van der Waals surface area contributed by atoms with Crippen LogP contribution in [0.2, 0.25) is 0 Å². The van der Waals surface area contributed by atoms with Gasteiger partial charge in [0.05, 0.1) is 12.2 Å². The van der Waals surface area contributed by atoms with E-state index in [1.807, 2.05) is 13.0 Å². The SMILES string of the molecule is CCOC(=O)c1ccc(C)c(NC(=S)NCc2ccc(N3CCCC(C)C3)cc2)c1. The fraction of sp³-hybridized carbons (Fsp3) is 0.417. The Morgan fingerprint density at radius 2 is 2.00 bits per heavy atom. The lowest BCUT2D eigenvalue weighted by Crippen LogP contribution is -2.34. The van der Waals surface area contributed by atoms with Crippen molar-refractivity contribution in [3.05, 3.63) is 59.2 Å². The first-order chi connectivity index (χ1) is 14.5. The number of rotatable bonds is 6. The summed E-state index contributed by atoms with van der Waals surface area (Å²) in [5, 5.41) is 6.96. The van der Waals surface area contributed by atoms with E-state index in [-0.39, 0.29) is 5.97 Å². The maximum Gasteiger partial charge on any atom is 0.338 e. The highest BCUT2D eigenvalue weighted by Crippen LogP contribution is 2.23. The molecule has 1 unspecified atom stereocenters. The molecule has 0 saturated carbocycles. The van der Waals surface area contributed by atoms with E-state index in [0.29, 0.717) is 23.8 Å². The Morgan fingerprint density at radius 1 is 1.23 bits per heavy atom. The van der Waals surface area contributed by atoms with Gasteiger partial charge in [0.25, 0.3) is 0 Å². The van der Waals surface area contributed by atoms with E-state index < -0.39 is 0 Å². The molecule has 2 aromatic carbocycles. The number of anilines is 2. The van der Waals surface area contributed by atoms with Crippen LogP contribution in [0.15, 0.2) is 42.5 Å². The zero-order valence-electron chi connectivity index (χ0n) is 18.0. The molecule has 6 heteroatoms. The Kier molecular flexibility index (Phi) is 7.69. The van der Waals surface area contributed by atoms with Crippen molar-refractivity contribution in [2.45, 2.75) is 40.2 Å². The molecular weight excluding hydrogens is 394 g/mol. The van der Waals surface area contributed by atoms with Crippen LogP contribution >= 0.6 is 12.2 Å². The molecular formula is C24H31N3O2S. The fourth-order valence-corrected chi connectivity index (χ4v) is 3.88. The summed E-state index contributed by atoms with van der Waals surface area (Å²) in [7, 11) is 0. The van der Waals surface area contributed by atoms with Crippen LogP contribution < -0.4 is 15.5 Å². The molecule has 2 N–H and O–H groups in total. The third-order valence-corrected chi connectivity index (χ3v) is 5.65. The number of ether oxygens (including phenoxy) is 1. The number of thiocarbonyl (C=S) groups is 1. The standard InChI is InChI=1S/C24H31N3O2S/c1-4-29-23(28)20-10-7-18(3)22(14-20)26-24(30)25-15-19-8-11-21(12-9-19)27-13-5-6-17(2)16-27/h7-12,14,17H,4-6,13,15-16H2,1-3H3,(H2,25,26,30). The van der Waals surface area contributed by atoms with Gasteiger partial charge in [0, 0.05) is 31.0 Å². The number of hydrogen-bond donors (Lipinski definition) is 2. The largest absolute Gasteiger partial charge is 0.462 e. The Bertz CT molecular complexity index is 883. The minimum Gasteiger partial charge on any atom is -0.462 e. The molecule has 1 atom stereocenters. The number of nitrogens with zero attached hydrogens (tertiary/aromatic N) is 1. The van der Waals surface area contributed by atoms with Crippen molar-refractivity contribution in [2.24, 2.45) is 5.92 Å². The van der Waals surface area contributed by atoms with E-state index in [0.717, 1.165) is 30.3 Å². The van der Waals surface area contributed by atoms with Crippen LogP contribution in [-0.2, 0) is 11.3 Å². The fourth-order valence-electron chi connectivity index (χ4n) is 3.70. The molecule has 0 aromatic heterocycles. The average molecular weight is 426 g/mol. The van der Waals surface area contributed by atoms with E-state index in [4.69, 9.17) is 17.0 Å². The van der Waals surface area contributed by atoms with Gasteiger partial charge in [-0.1, -0.05) is 25.1 Å². The smallest absolute Gasteiger partial charge is 0.338 e. The average Bonchev–Trinajstić information content (AvgIpc) is 2.74. The normalized spacial score (nSPS) is 16.1. The number of aryl methyl sites for hydroxylation is 1. The number of nitrogens with one attached hydrogen (secondary N) is 2. The van der Waals surface area contributed by atoms with E-state index >= 15 is 0 Å². The lowest BCUT2D eigenvalue weighted by molar-refractivity contribution is 0.0526. The van der Waals surface area contributed by atoms with Crippen molar-refractivity contribution in [3.8, 4) is 0 Å². The molecule has 3 rings (SSSR count). The first-order valence-electron chi connectivity index (χ1n) is 10.6. The van der Waals surface area contributed by atoms with Crippen LogP contribution in [0.1, 0.15) is 48.2 Å². The molecule has 30 heavy (non-hydrogen) atoms. The minimum atomic E-state index is -0.331. The Balaban J connectivity index is 1.54. The summed E-state index contributed by atoms with van der Waals surface area (Å²) in [6, 6.07) is 14.1. The van der Waals surface area contributed by atoms with Gasteiger partial charge in [-0.3, -0.25) is 0 Å². The summed E-state index contributed by atoms with van der Waals surface area (Å²) in [6.45, 7) is 9.35. The zero-order chi connectivity index (χ0) is 21.5. The predicted molar refractivity (Wildman–Crippen MR) is 127 cm³/mol. The van der Waals surface area contributed by atoms with E-state index in [1.165, 1.54) is 24.1 Å². The molecule has 0 radical (unpaired) electrons. The highest BCUT2D eigenvalue weighted by atomic mass is 32.1. The Hall–Kier alpha value is -2.60. The van der Waals surface area contributed by atoms with Gasteiger partial charge in [0.2, 0.25) is 0 Å². The summed E-state index contributed by atoms with van der Waals surface area (Å²) in [5.41, 5.74) is 4.78. The minimum absolute atomic E-state index is 0.331. The predicted octanol–water partition coefficient (Wildman–Crippen LogP) is 4.89. The first kappa shape index (κ1) is 22.1.